The average Bonchev–Trinajstić information content (AvgIpc) is 3.39. The van der Waals surface area contributed by atoms with E-state index in [9.17, 15) is 9.59 Å². The van der Waals surface area contributed by atoms with Crippen molar-refractivity contribution in [3.8, 4) is 28.4 Å². The molecule has 0 bridgehead atoms. The second-order valence-electron chi connectivity index (χ2n) is 9.32. The summed E-state index contributed by atoms with van der Waals surface area (Å²) >= 11 is 0. The number of hydrogen-bond donors (Lipinski definition) is 1. The van der Waals surface area contributed by atoms with Crippen molar-refractivity contribution in [3.63, 3.8) is 0 Å². The fourth-order valence-corrected chi connectivity index (χ4v) is 4.68. The monoisotopic (exact) mass is 501 g/mol. The Bertz CT molecular complexity index is 1260. The maximum absolute atomic E-state index is 12.4. The molecule has 1 fully saturated rings. The molecule has 5 rings (SSSR count). The fraction of sp³-hybridized carbons (Fsp3) is 0.345. The van der Waals surface area contributed by atoms with Crippen LogP contribution in [0.3, 0.4) is 0 Å². The number of para-hydroxylation sites is 1. The van der Waals surface area contributed by atoms with E-state index in [2.05, 4.69) is 5.32 Å². The lowest BCUT2D eigenvalue weighted by Gasteiger charge is -2.21. The normalized spacial score (nSPS) is 15.5. The minimum absolute atomic E-state index is 0.277. The highest BCUT2D eigenvalue weighted by Gasteiger charge is 2.17. The Kier molecular flexibility index (Phi) is 7.84. The molecule has 2 aromatic carbocycles. The van der Waals surface area contributed by atoms with Crippen molar-refractivity contribution in [2.24, 2.45) is 5.92 Å². The van der Waals surface area contributed by atoms with Gasteiger partial charge >= 0.3 is 5.97 Å². The maximum atomic E-state index is 12.4. The van der Waals surface area contributed by atoms with Crippen LogP contribution in [0.2, 0.25) is 0 Å². The average molecular weight is 502 g/mol. The summed E-state index contributed by atoms with van der Waals surface area (Å²) in [5.41, 5.74) is 3.11. The topological polar surface area (TPSA) is 91.7 Å². The number of carbonyl (C=O) groups excluding carboxylic acids is 2. The van der Waals surface area contributed by atoms with Gasteiger partial charge in [0.2, 0.25) is 0 Å². The zero-order chi connectivity index (χ0) is 25.5. The Morgan fingerprint density at radius 1 is 1.03 bits per heavy atom. The van der Waals surface area contributed by atoms with Gasteiger partial charge in [0.15, 0.2) is 18.1 Å². The zero-order valence-electron chi connectivity index (χ0n) is 20.7. The van der Waals surface area contributed by atoms with Crippen LogP contribution in [0.15, 0.2) is 60.8 Å². The molecule has 8 nitrogen and oxygen atoms in total. The summed E-state index contributed by atoms with van der Waals surface area (Å²) in [7, 11) is 0. The Morgan fingerprint density at radius 2 is 1.81 bits per heavy atom. The van der Waals surface area contributed by atoms with Gasteiger partial charge in [0, 0.05) is 29.9 Å². The van der Waals surface area contributed by atoms with Crippen LogP contribution in [-0.4, -0.2) is 48.0 Å². The minimum atomic E-state index is -0.589. The SMILES string of the molecule is O=C(COC(=O)/C=C/c1cn(-c2ccccc2)nc1-c1ccc2c(c1)OCCO2)NCC1CCCCC1. The molecule has 1 saturated carbocycles. The van der Waals surface area contributed by atoms with Crippen molar-refractivity contribution in [1.82, 2.24) is 15.1 Å². The first kappa shape index (κ1) is 24.6. The Morgan fingerprint density at radius 3 is 2.62 bits per heavy atom. The summed E-state index contributed by atoms with van der Waals surface area (Å²) in [6.45, 7) is 1.35. The molecule has 8 heteroatoms. The maximum Gasteiger partial charge on any atom is 0.331 e. The zero-order valence-corrected chi connectivity index (χ0v) is 20.7. The van der Waals surface area contributed by atoms with Crippen LogP contribution in [0, 0.1) is 5.92 Å². The van der Waals surface area contributed by atoms with Crippen molar-refractivity contribution in [2.45, 2.75) is 32.1 Å². The fourth-order valence-electron chi connectivity index (χ4n) is 4.68. The molecule has 0 spiro atoms. The van der Waals surface area contributed by atoms with Gasteiger partial charge in [-0.1, -0.05) is 37.5 Å². The van der Waals surface area contributed by atoms with Crippen molar-refractivity contribution >= 4 is 18.0 Å². The number of amides is 1. The molecular weight excluding hydrogens is 470 g/mol. The standard InChI is InChI=1S/C29H31N3O5/c33-27(30-18-21-7-3-1-4-8-21)20-37-28(34)14-12-23-19-32(24-9-5-2-6-10-24)31-29(23)22-11-13-25-26(17-22)36-16-15-35-25/h2,5-6,9-14,17,19,21H,1,3-4,7-8,15-16,18,20H2,(H,30,33)/b14-12+. The van der Waals surface area contributed by atoms with Gasteiger partial charge in [0.25, 0.3) is 5.91 Å². The van der Waals surface area contributed by atoms with Gasteiger partial charge in [-0.25, -0.2) is 9.48 Å². The van der Waals surface area contributed by atoms with Crippen LogP contribution in [-0.2, 0) is 14.3 Å². The van der Waals surface area contributed by atoms with E-state index in [4.69, 9.17) is 19.3 Å². The molecule has 2 heterocycles. The third-order valence-electron chi connectivity index (χ3n) is 6.64. The first-order chi connectivity index (χ1) is 18.2. The van der Waals surface area contributed by atoms with E-state index < -0.39 is 5.97 Å². The van der Waals surface area contributed by atoms with Crippen LogP contribution < -0.4 is 14.8 Å². The van der Waals surface area contributed by atoms with Gasteiger partial charge < -0.3 is 19.5 Å². The molecule has 1 N–H and O–H groups in total. The predicted molar refractivity (Wildman–Crippen MR) is 140 cm³/mol. The van der Waals surface area contributed by atoms with E-state index in [-0.39, 0.29) is 12.5 Å². The lowest BCUT2D eigenvalue weighted by Crippen LogP contribution is -2.33. The first-order valence-corrected chi connectivity index (χ1v) is 12.8. The number of benzene rings is 2. The van der Waals surface area contributed by atoms with Crippen LogP contribution >= 0.6 is 0 Å². The molecule has 2 aliphatic rings. The van der Waals surface area contributed by atoms with Gasteiger partial charge in [-0.3, -0.25) is 4.79 Å². The number of ether oxygens (including phenoxy) is 3. The van der Waals surface area contributed by atoms with Gasteiger partial charge in [-0.15, -0.1) is 0 Å². The Balaban J connectivity index is 1.27. The molecule has 3 aromatic rings. The third kappa shape index (κ3) is 6.39. The number of carbonyl (C=O) groups is 2. The summed E-state index contributed by atoms with van der Waals surface area (Å²) in [5.74, 6) is 1.01. The summed E-state index contributed by atoms with van der Waals surface area (Å²) in [6.07, 6.45) is 10.8. The lowest BCUT2D eigenvalue weighted by molar-refractivity contribution is -0.143. The molecule has 0 saturated heterocycles. The molecule has 192 valence electrons. The summed E-state index contributed by atoms with van der Waals surface area (Å²) in [4.78, 5) is 24.5. The second kappa shape index (κ2) is 11.8. The number of rotatable bonds is 8. The second-order valence-corrected chi connectivity index (χ2v) is 9.32. The number of fused-ring (bicyclic) bond motifs is 1. The number of hydrogen-bond acceptors (Lipinski definition) is 6. The summed E-state index contributed by atoms with van der Waals surface area (Å²) in [5, 5.41) is 7.66. The largest absolute Gasteiger partial charge is 0.486 e. The molecule has 1 aromatic heterocycles. The van der Waals surface area contributed by atoms with E-state index in [0.717, 1.165) is 29.7 Å². The Hall–Kier alpha value is -4.07. The van der Waals surface area contributed by atoms with Gasteiger partial charge in [-0.2, -0.15) is 5.10 Å². The number of aromatic nitrogens is 2. The Labute approximate surface area is 216 Å². The molecule has 0 radical (unpaired) electrons. The molecule has 0 unspecified atom stereocenters. The molecule has 37 heavy (non-hydrogen) atoms. The van der Waals surface area contributed by atoms with Gasteiger partial charge in [-0.05, 0) is 55.2 Å². The van der Waals surface area contributed by atoms with E-state index in [1.807, 2.05) is 54.7 Å². The van der Waals surface area contributed by atoms with Crippen LogP contribution in [0.4, 0.5) is 0 Å². The van der Waals surface area contributed by atoms with E-state index in [0.29, 0.717) is 42.9 Å². The van der Waals surface area contributed by atoms with E-state index >= 15 is 0 Å². The van der Waals surface area contributed by atoms with Crippen molar-refractivity contribution in [2.75, 3.05) is 26.4 Å². The van der Waals surface area contributed by atoms with Crippen molar-refractivity contribution in [3.05, 3.63) is 66.4 Å². The number of nitrogens with zero attached hydrogens (tertiary/aromatic N) is 2. The van der Waals surface area contributed by atoms with Crippen molar-refractivity contribution in [1.29, 1.82) is 0 Å². The highest BCUT2D eigenvalue weighted by Crippen LogP contribution is 2.35. The number of nitrogens with one attached hydrogen (secondary N) is 1. The molecule has 1 amide bonds. The van der Waals surface area contributed by atoms with Gasteiger partial charge in [0.05, 0.1) is 5.69 Å². The predicted octanol–water partition coefficient (Wildman–Crippen LogP) is 4.56. The van der Waals surface area contributed by atoms with Crippen LogP contribution in [0.5, 0.6) is 11.5 Å². The smallest absolute Gasteiger partial charge is 0.331 e. The molecule has 1 aliphatic heterocycles. The summed E-state index contributed by atoms with van der Waals surface area (Å²) in [6, 6.07) is 15.4. The van der Waals surface area contributed by atoms with Crippen molar-refractivity contribution < 1.29 is 23.8 Å². The van der Waals surface area contributed by atoms with Crippen LogP contribution in [0.1, 0.15) is 37.7 Å². The van der Waals surface area contributed by atoms with E-state index in [1.165, 1.54) is 25.3 Å². The van der Waals surface area contributed by atoms with E-state index in [1.54, 1.807) is 10.8 Å². The lowest BCUT2D eigenvalue weighted by atomic mass is 9.89. The minimum Gasteiger partial charge on any atom is -0.486 e. The number of esters is 1. The highest BCUT2D eigenvalue weighted by molar-refractivity contribution is 5.90. The molecular formula is C29H31N3O5. The summed E-state index contributed by atoms with van der Waals surface area (Å²) < 4.78 is 18.3. The molecule has 1 aliphatic carbocycles. The van der Waals surface area contributed by atoms with Crippen LogP contribution in [0.25, 0.3) is 23.0 Å². The third-order valence-corrected chi connectivity index (χ3v) is 6.64. The molecule has 0 atom stereocenters. The first-order valence-electron chi connectivity index (χ1n) is 12.8. The highest BCUT2D eigenvalue weighted by atomic mass is 16.6. The van der Waals surface area contributed by atoms with Gasteiger partial charge in [0.1, 0.15) is 18.9 Å². The quantitative estimate of drug-likeness (QED) is 0.359.